The molecule has 20 heavy (non-hydrogen) atoms. The first-order valence-corrected chi connectivity index (χ1v) is 6.19. The molecular formula is C13H18N4O3. The molecule has 0 aliphatic carbocycles. The van der Waals surface area contributed by atoms with Gasteiger partial charge in [0.15, 0.2) is 0 Å². The predicted octanol–water partition coefficient (Wildman–Crippen LogP) is 0.432. The number of primary amides is 1. The summed E-state index contributed by atoms with van der Waals surface area (Å²) < 4.78 is 0. The maximum atomic E-state index is 11.7. The van der Waals surface area contributed by atoms with Gasteiger partial charge in [0.1, 0.15) is 6.04 Å². The molecule has 1 atom stereocenters. The number of imide groups is 1. The number of rotatable bonds is 5. The van der Waals surface area contributed by atoms with Crippen LogP contribution in [0.4, 0.5) is 10.5 Å². The van der Waals surface area contributed by atoms with Crippen LogP contribution in [0.3, 0.4) is 0 Å². The van der Waals surface area contributed by atoms with E-state index in [2.05, 4.69) is 16.0 Å². The summed E-state index contributed by atoms with van der Waals surface area (Å²) >= 11 is 0. The van der Waals surface area contributed by atoms with Gasteiger partial charge in [0.05, 0.1) is 0 Å². The van der Waals surface area contributed by atoms with Gasteiger partial charge in [-0.25, -0.2) is 4.79 Å². The lowest BCUT2D eigenvalue weighted by Crippen LogP contribution is -2.45. The van der Waals surface area contributed by atoms with Crippen molar-refractivity contribution in [1.82, 2.24) is 10.6 Å². The number of amides is 4. The first kappa shape index (κ1) is 15.5. The minimum absolute atomic E-state index is 0.384. The molecule has 0 aromatic heterocycles. The van der Waals surface area contributed by atoms with E-state index in [9.17, 15) is 14.4 Å². The second-order valence-electron chi connectivity index (χ2n) is 4.16. The zero-order chi connectivity index (χ0) is 15.1. The first-order chi connectivity index (χ1) is 9.43. The summed E-state index contributed by atoms with van der Waals surface area (Å²) in [6.07, 6.45) is 0. The molecule has 108 valence electrons. The zero-order valence-electron chi connectivity index (χ0n) is 11.4. The van der Waals surface area contributed by atoms with Crippen molar-refractivity contribution < 1.29 is 14.4 Å². The number of hydrogen-bond acceptors (Lipinski definition) is 4. The lowest BCUT2D eigenvalue weighted by Gasteiger charge is -2.15. The van der Waals surface area contributed by atoms with E-state index >= 15 is 0 Å². The molecule has 0 radical (unpaired) electrons. The van der Waals surface area contributed by atoms with Crippen LogP contribution in [-0.2, 0) is 4.79 Å². The van der Waals surface area contributed by atoms with Crippen molar-refractivity contribution >= 4 is 23.5 Å². The third-order valence-corrected chi connectivity index (χ3v) is 2.52. The second-order valence-corrected chi connectivity index (χ2v) is 4.16. The van der Waals surface area contributed by atoms with Crippen molar-refractivity contribution in [3.8, 4) is 0 Å². The molecule has 0 fully saturated rings. The molecule has 1 rings (SSSR count). The SMILES string of the molecule is CCNC(=O)NC(=O)C(C)Nc1ccc(C(N)=O)cc1. The van der Waals surface area contributed by atoms with Crippen molar-refractivity contribution in [2.75, 3.05) is 11.9 Å². The van der Waals surface area contributed by atoms with Gasteiger partial charge in [0, 0.05) is 17.8 Å². The Morgan fingerprint density at radius 1 is 1.20 bits per heavy atom. The van der Waals surface area contributed by atoms with Crippen molar-refractivity contribution in [2.45, 2.75) is 19.9 Å². The van der Waals surface area contributed by atoms with Crippen LogP contribution < -0.4 is 21.7 Å². The Kier molecular flexibility index (Phi) is 5.52. The number of hydrogen-bond donors (Lipinski definition) is 4. The van der Waals surface area contributed by atoms with Gasteiger partial charge >= 0.3 is 6.03 Å². The van der Waals surface area contributed by atoms with E-state index in [4.69, 9.17) is 5.73 Å². The molecule has 1 aromatic carbocycles. The largest absolute Gasteiger partial charge is 0.374 e. The maximum absolute atomic E-state index is 11.7. The van der Waals surface area contributed by atoms with E-state index in [1.807, 2.05) is 0 Å². The van der Waals surface area contributed by atoms with E-state index in [0.717, 1.165) is 0 Å². The standard InChI is InChI=1S/C13H18N4O3/c1-3-15-13(20)17-12(19)8(2)16-10-6-4-9(5-7-10)11(14)18/h4-8,16H,3H2,1-2H3,(H2,14,18)(H2,15,17,19,20). The van der Waals surface area contributed by atoms with Crippen LogP contribution >= 0.6 is 0 Å². The third-order valence-electron chi connectivity index (χ3n) is 2.52. The van der Waals surface area contributed by atoms with Gasteiger partial charge in [-0.3, -0.25) is 14.9 Å². The Morgan fingerprint density at radius 3 is 2.30 bits per heavy atom. The highest BCUT2D eigenvalue weighted by Crippen LogP contribution is 2.10. The smallest absolute Gasteiger partial charge is 0.321 e. The molecule has 0 aliphatic heterocycles. The van der Waals surface area contributed by atoms with Crippen LogP contribution in [0.5, 0.6) is 0 Å². The fourth-order valence-electron chi connectivity index (χ4n) is 1.47. The molecule has 0 saturated heterocycles. The monoisotopic (exact) mass is 278 g/mol. The number of urea groups is 1. The molecule has 0 bridgehead atoms. The van der Waals surface area contributed by atoms with E-state index < -0.39 is 23.9 Å². The average molecular weight is 278 g/mol. The number of carbonyl (C=O) groups excluding carboxylic acids is 3. The van der Waals surface area contributed by atoms with Crippen LogP contribution in [0.15, 0.2) is 24.3 Å². The predicted molar refractivity (Wildman–Crippen MR) is 75.3 cm³/mol. The van der Waals surface area contributed by atoms with Crippen LogP contribution in [-0.4, -0.2) is 30.4 Å². The molecule has 7 nitrogen and oxygen atoms in total. The Hall–Kier alpha value is -2.57. The fourth-order valence-corrected chi connectivity index (χ4v) is 1.47. The van der Waals surface area contributed by atoms with Gasteiger partial charge in [-0.1, -0.05) is 0 Å². The van der Waals surface area contributed by atoms with Crippen LogP contribution in [0.2, 0.25) is 0 Å². The summed E-state index contributed by atoms with van der Waals surface area (Å²) in [5.41, 5.74) is 6.16. The molecular weight excluding hydrogens is 260 g/mol. The Balaban J connectivity index is 2.56. The quantitative estimate of drug-likeness (QED) is 0.625. The summed E-state index contributed by atoms with van der Waals surface area (Å²) in [6, 6.07) is 5.25. The molecule has 1 unspecified atom stereocenters. The Labute approximate surface area is 116 Å². The molecule has 1 aromatic rings. The number of nitrogens with two attached hydrogens (primary N) is 1. The number of nitrogens with one attached hydrogen (secondary N) is 3. The summed E-state index contributed by atoms with van der Waals surface area (Å²) in [6.45, 7) is 3.82. The van der Waals surface area contributed by atoms with E-state index in [1.54, 1.807) is 38.1 Å². The molecule has 0 heterocycles. The third kappa shape index (κ3) is 4.60. The van der Waals surface area contributed by atoms with Gasteiger partial charge < -0.3 is 16.4 Å². The summed E-state index contributed by atoms with van der Waals surface area (Å²) in [7, 11) is 0. The lowest BCUT2D eigenvalue weighted by molar-refractivity contribution is -0.120. The maximum Gasteiger partial charge on any atom is 0.321 e. The highest BCUT2D eigenvalue weighted by molar-refractivity contribution is 5.98. The van der Waals surface area contributed by atoms with Crippen molar-refractivity contribution in [3.63, 3.8) is 0 Å². The van der Waals surface area contributed by atoms with Gasteiger partial charge in [0.25, 0.3) is 0 Å². The van der Waals surface area contributed by atoms with Crippen molar-refractivity contribution in [3.05, 3.63) is 29.8 Å². The van der Waals surface area contributed by atoms with E-state index in [0.29, 0.717) is 17.8 Å². The highest BCUT2D eigenvalue weighted by atomic mass is 16.2. The number of anilines is 1. The zero-order valence-corrected chi connectivity index (χ0v) is 11.4. The van der Waals surface area contributed by atoms with Gasteiger partial charge in [-0.15, -0.1) is 0 Å². The average Bonchev–Trinajstić information content (AvgIpc) is 2.39. The minimum Gasteiger partial charge on any atom is -0.374 e. The first-order valence-electron chi connectivity index (χ1n) is 6.19. The highest BCUT2D eigenvalue weighted by Gasteiger charge is 2.15. The molecule has 0 aliphatic rings. The molecule has 7 heteroatoms. The van der Waals surface area contributed by atoms with Crippen LogP contribution in [0, 0.1) is 0 Å². The molecule has 0 spiro atoms. The summed E-state index contributed by atoms with van der Waals surface area (Å²) in [5.74, 6) is -0.964. The van der Waals surface area contributed by atoms with Gasteiger partial charge in [0.2, 0.25) is 11.8 Å². The Bertz CT molecular complexity index is 499. The van der Waals surface area contributed by atoms with Crippen LogP contribution in [0.25, 0.3) is 0 Å². The summed E-state index contributed by atoms with van der Waals surface area (Å²) in [5, 5.41) is 7.58. The van der Waals surface area contributed by atoms with E-state index in [-0.39, 0.29) is 0 Å². The van der Waals surface area contributed by atoms with Crippen LogP contribution in [0.1, 0.15) is 24.2 Å². The molecule has 4 amide bonds. The topological polar surface area (TPSA) is 113 Å². The second kappa shape index (κ2) is 7.13. The summed E-state index contributed by atoms with van der Waals surface area (Å²) in [4.78, 5) is 33.8. The number of carbonyl (C=O) groups is 3. The number of benzene rings is 1. The van der Waals surface area contributed by atoms with Crippen molar-refractivity contribution in [1.29, 1.82) is 0 Å². The van der Waals surface area contributed by atoms with E-state index in [1.165, 1.54) is 0 Å². The molecule has 0 saturated carbocycles. The minimum atomic E-state index is -0.600. The molecule has 5 N–H and O–H groups in total. The lowest BCUT2D eigenvalue weighted by atomic mass is 10.2. The normalized spacial score (nSPS) is 11.3. The fraction of sp³-hybridized carbons (Fsp3) is 0.308. The van der Waals surface area contributed by atoms with Crippen molar-refractivity contribution in [2.24, 2.45) is 5.73 Å². The van der Waals surface area contributed by atoms with Gasteiger partial charge in [-0.2, -0.15) is 0 Å². The van der Waals surface area contributed by atoms with Gasteiger partial charge in [-0.05, 0) is 38.1 Å². The Morgan fingerprint density at radius 2 is 1.80 bits per heavy atom.